The molecule has 0 aromatic carbocycles. The van der Waals surface area contributed by atoms with Gasteiger partial charge in [-0.2, -0.15) is 26.4 Å². The van der Waals surface area contributed by atoms with E-state index in [1.54, 1.807) is 14.2 Å². The third-order valence-corrected chi connectivity index (χ3v) is 8.21. The molecular weight excluding hydrogens is 744 g/mol. The second-order valence-electron chi connectivity index (χ2n) is 12.3. The summed E-state index contributed by atoms with van der Waals surface area (Å²) < 4.78 is 19.6. The summed E-state index contributed by atoms with van der Waals surface area (Å²) in [6.07, 6.45) is 33.9. The molecule has 0 N–H and O–H groups in total. The van der Waals surface area contributed by atoms with E-state index in [4.69, 9.17) is 30.5 Å². The van der Waals surface area contributed by atoms with Gasteiger partial charge >= 0.3 is 47.1 Å². The minimum atomic E-state index is 0. The monoisotopic (exact) mass is 812 g/mol. The molecule has 2 aromatic heterocycles. The summed E-state index contributed by atoms with van der Waals surface area (Å²) in [5.41, 5.74) is 0. The van der Waals surface area contributed by atoms with E-state index in [2.05, 4.69) is 50.7 Å². The molecule has 0 aliphatic rings. The molecule has 0 atom stereocenters. The van der Waals surface area contributed by atoms with Gasteiger partial charge in [0.1, 0.15) is 5.82 Å². The van der Waals surface area contributed by atoms with E-state index in [1.807, 2.05) is 0 Å². The first-order valence-corrected chi connectivity index (χ1v) is 19.5. The van der Waals surface area contributed by atoms with Gasteiger partial charge in [-0.15, -0.1) is 9.97 Å². The molecule has 0 spiro atoms. The Morgan fingerprint density at radius 3 is 1.00 bits per heavy atom. The number of hydrogen-bond acceptors (Lipinski definition) is 10. The van der Waals surface area contributed by atoms with E-state index in [1.165, 1.54) is 155 Å². The van der Waals surface area contributed by atoms with Crippen LogP contribution in [-0.2, 0) is 6.42 Å². The van der Waals surface area contributed by atoms with E-state index >= 15 is 0 Å². The quantitative estimate of drug-likeness (QED) is 0.0479. The summed E-state index contributed by atoms with van der Waals surface area (Å²) in [4.78, 5) is 23.5. The van der Waals surface area contributed by atoms with Crippen LogP contribution < -0.4 is 35.9 Å². The summed E-state index contributed by atoms with van der Waals surface area (Å²) in [7, 11) is 5.99. The smallest absolute Gasteiger partial charge is 1.00 e. The molecule has 292 valence electrons. The molecule has 10 nitrogen and oxygen atoms in total. The molecule has 2 rings (SSSR count). The number of ether oxygens (including phenoxy) is 4. The summed E-state index contributed by atoms with van der Waals surface area (Å²) >= 11 is 5.49. The number of methoxy groups -OCH3 is 4. The number of unbranched alkanes of at least 4 members (excludes halogenated alkanes) is 22. The van der Waals surface area contributed by atoms with Crippen molar-refractivity contribution < 1.29 is 35.9 Å². The average molecular weight is 815 g/mol. The van der Waals surface area contributed by atoms with Crippen LogP contribution >= 0.6 is 11.6 Å². The van der Waals surface area contributed by atoms with Crippen LogP contribution in [0.15, 0.2) is 0 Å². The minimum absolute atomic E-state index is 0. The fourth-order valence-corrected chi connectivity index (χ4v) is 5.28. The molecule has 2 heterocycles. The molecule has 0 amide bonds. The molecule has 0 radical (unpaired) electrons. The number of aromatic nitrogens is 6. The molecule has 0 bridgehead atoms. The first-order chi connectivity index (χ1) is 24.0. The Hall–Kier alpha value is -1.24. The molecule has 0 aliphatic heterocycles. The van der Waals surface area contributed by atoms with Crippen molar-refractivity contribution >= 4 is 34.7 Å². The number of rotatable bonds is 28. The number of aryl methyl sites for hydroxylation is 1. The molecule has 0 unspecified atom stereocenters. The summed E-state index contributed by atoms with van der Waals surface area (Å²) in [5.74, 6) is 0.755. The maximum Gasteiger partial charge on any atom is 2.00 e. The van der Waals surface area contributed by atoms with Crippen molar-refractivity contribution in [2.24, 2.45) is 0 Å². The van der Waals surface area contributed by atoms with Gasteiger partial charge in [0.05, 0.1) is 28.4 Å². The predicted octanol–water partition coefficient (Wildman–Crippen LogP) is 7.82. The Kier molecular flexibility index (Phi) is 44.0. The van der Waals surface area contributed by atoms with Crippen molar-refractivity contribution in [3.63, 3.8) is 0 Å². The van der Waals surface area contributed by atoms with Gasteiger partial charge in [0.2, 0.25) is 5.28 Å². The molecule has 2 aromatic rings. The van der Waals surface area contributed by atoms with Crippen LogP contribution in [0.25, 0.3) is 0 Å². The van der Waals surface area contributed by atoms with Crippen LogP contribution in [0.4, 0.5) is 0 Å². The molecular formula is C38H70BrClMgN6O4. The largest absolute Gasteiger partial charge is 2.00 e. The van der Waals surface area contributed by atoms with Gasteiger partial charge in [-0.25, -0.2) is 0 Å². The molecule has 0 fully saturated rings. The van der Waals surface area contributed by atoms with E-state index < -0.39 is 0 Å². The zero-order chi connectivity index (χ0) is 36.2. The molecule has 0 saturated carbocycles. The van der Waals surface area contributed by atoms with Crippen molar-refractivity contribution in [1.82, 2.24) is 29.9 Å². The zero-order valence-electron chi connectivity index (χ0n) is 33.2. The third-order valence-electron chi connectivity index (χ3n) is 8.05. The van der Waals surface area contributed by atoms with E-state index in [0.717, 1.165) is 25.1 Å². The second kappa shape index (κ2) is 41.5. The Labute approximate surface area is 343 Å². The van der Waals surface area contributed by atoms with Crippen LogP contribution in [0.1, 0.15) is 174 Å². The van der Waals surface area contributed by atoms with Crippen LogP contribution in [0.2, 0.25) is 5.28 Å². The SMILES string of the molecule is CCCCCCCCCCCCCCc1nc(OC)nc(OC)n1.COc1nc(Cl)nc(OC)n1.[Br-].[CH2-]CCCCCCCCCCCCC.[Mg+2]. The van der Waals surface area contributed by atoms with Crippen molar-refractivity contribution in [2.75, 3.05) is 28.4 Å². The van der Waals surface area contributed by atoms with Gasteiger partial charge in [0.15, 0.2) is 0 Å². The average Bonchev–Trinajstić information content (AvgIpc) is 3.12. The fraction of sp³-hybridized carbons (Fsp3) is 0.816. The normalized spacial score (nSPS) is 10.0. The maximum atomic E-state index is 5.49. The third kappa shape index (κ3) is 34.3. The zero-order valence-corrected chi connectivity index (χ0v) is 36.9. The minimum Gasteiger partial charge on any atom is -1.00 e. The first-order valence-electron chi connectivity index (χ1n) is 19.1. The summed E-state index contributed by atoms with van der Waals surface area (Å²) in [5, 5.41) is 0.0497. The van der Waals surface area contributed by atoms with E-state index in [-0.39, 0.29) is 57.3 Å². The van der Waals surface area contributed by atoms with E-state index in [0.29, 0.717) is 12.0 Å². The van der Waals surface area contributed by atoms with Crippen LogP contribution in [0, 0.1) is 6.92 Å². The van der Waals surface area contributed by atoms with Gasteiger partial charge in [-0.05, 0) is 18.0 Å². The molecule has 0 aliphatic carbocycles. The van der Waals surface area contributed by atoms with Crippen LogP contribution in [0.3, 0.4) is 0 Å². The Morgan fingerprint density at radius 2 is 0.706 bits per heavy atom. The number of halogens is 2. The van der Waals surface area contributed by atoms with E-state index in [9.17, 15) is 0 Å². The molecule has 0 saturated heterocycles. The topological polar surface area (TPSA) is 114 Å². The second-order valence-corrected chi connectivity index (χ2v) is 12.7. The van der Waals surface area contributed by atoms with Crippen LogP contribution in [-0.4, -0.2) is 81.4 Å². The van der Waals surface area contributed by atoms with Gasteiger partial charge in [0, 0.05) is 6.42 Å². The summed E-state index contributed by atoms with van der Waals surface area (Å²) in [6, 6.07) is 0.940. The Balaban J connectivity index is -0.000000727. The van der Waals surface area contributed by atoms with Crippen molar-refractivity contribution in [2.45, 2.75) is 174 Å². The first kappa shape index (κ1) is 54.1. The van der Waals surface area contributed by atoms with Crippen molar-refractivity contribution in [3.8, 4) is 24.0 Å². The summed E-state index contributed by atoms with van der Waals surface area (Å²) in [6.45, 7) is 8.41. The predicted molar refractivity (Wildman–Crippen MR) is 208 cm³/mol. The van der Waals surface area contributed by atoms with Crippen LogP contribution in [0.5, 0.6) is 24.0 Å². The maximum absolute atomic E-state index is 5.49. The number of nitrogens with zero attached hydrogens (tertiary/aromatic N) is 6. The van der Waals surface area contributed by atoms with Gasteiger partial charge in [-0.3, -0.25) is 0 Å². The van der Waals surface area contributed by atoms with Crippen molar-refractivity contribution in [3.05, 3.63) is 18.0 Å². The van der Waals surface area contributed by atoms with Gasteiger partial charge < -0.3 is 42.9 Å². The standard InChI is InChI=1S/C19H35N3O2.C14H29.C5H6ClN3O2.BrH.Mg/c1-4-5-6-7-8-9-10-11-12-13-14-15-16-17-20-18(23-2)22-19(21-17)24-3;1-3-5-7-9-11-13-14-12-10-8-6-4-2;1-10-4-7-3(6)8-5(9-4)11-2;;/h4-16H2,1-3H3;1,3-14H2,2H3;1-2H3;1H;/q;-1;;;+2/p-1. The van der Waals surface area contributed by atoms with Gasteiger partial charge in [-0.1, -0.05) is 155 Å². The van der Waals surface area contributed by atoms with Crippen molar-refractivity contribution in [1.29, 1.82) is 0 Å². The molecule has 51 heavy (non-hydrogen) atoms. The molecule has 13 heteroatoms. The Bertz CT molecular complexity index is 962. The number of hydrogen-bond donors (Lipinski definition) is 0. The fourth-order valence-electron chi connectivity index (χ4n) is 5.13. The Morgan fingerprint density at radius 1 is 0.431 bits per heavy atom. The van der Waals surface area contributed by atoms with Gasteiger partial charge in [0.25, 0.3) is 0 Å².